The maximum atomic E-state index is 9.71. The van der Waals surface area contributed by atoms with Crippen LogP contribution in [0.1, 0.15) is 171 Å². The number of hydrogen-bond donors (Lipinski definition) is 8. The van der Waals surface area contributed by atoms with Gasteiger partial charge in [0.05, 0.1) is 22.4 Å². The molecule has 0 radical (unpaired) electrons. The first kappa shape index (κ1) is 51.1. The molecule has 47 heavy (non-hydrogen) atoms. The monoisotopic (exact) mass is 677 g/mol. The van der Waals surface area contributed by atoms with Crippen LogP contribution in [0.2, 0.25) is 0 Å². The molecule has 0 bridgehead atoms. The molecule has 288 valence electrons. The van der Waals surface area contributed by atoms with Crippen molar-refractivity contribution in [2.45, 2.75) is 215 Å². The average molecular weight is 677 g/mol. The van der Waals surface area contributed by atoms with Gasteiger partial charge in [-0.05, 0) is 161 Å². The topological polar surface area (TPSA) is 129 Å². The highest BCUT2D eigenvalue weighted by Crippen LogP contribution is 2.40. The van der Waals surface area contributed by atoms with Gasteiger partial charge in [-0.1, -0.05) is 48.0 Å². The predicted molar refractivity (Wildman–Crippen MR) is 206 cm³/mol. The first-order valence-electron chi connectivity index (χ1n) is 18.1. The minimum atomic E-state index is -0.665. The fourth-order valence-corrected chi connectivity index (χ4v) is 3.98. The molecule has 2 saturated heterocycles. The Labute approximate surface area is 294 Å². The molecule has 0 aromatic heterocycles. The van der Waals surface area contributed by atoms with Crippen LogP contribution in [0.4, 0.5) is 0 Å². The van der Waals surface area contributed by atoms with Gasteiger partial charge in [-0.2, -0.15) is 0 Å². The average Bonchev–Trinajstić information content (AvgIpc) is 3.53. The van der Waals surface area contributed by atoms with Crippen LogP contribution < -0.4 is 21.3 Å². The molecule has 2 heterocycles. The molecule has 8 nitrogen and oxygen atoms in total. The van der Waals surface area contributed by atoms with Gasteiger partial charge in [0.2, 0.25) is 0 Å². The van der Waals surface area contributed by atoms with E-state index in [1.54, 1.807) is 27.7 Å². The first-order valence-corrected chi connectivity index (χ1v) is 18.1. The van der Waals surface area contributed by atoms with Gasteiger partial charge in [0.15, 0.2) is 0 Å². The smallest absolute Gasteiger partial charge is 0.0769 e. The Bertz CT molecular complexity index is 743. The molecule has 0 spiro atoms. The summed E-state index contributed by atoms with van der Waals surface area (Å²) in [5.74, 6) is 0. The fourth-order valence-electron chi connectivity index (χ4n) is 3.98. The maximum absolute atomic E-state index is 9.71. The molecule has 0 saturated carbocycles. The lowest BCUT2D eigenvalue weighted by atomic mass is 9.68. The van der Waals surface area contributed by atoms with Crippen molar-refractivity contribution in [1.82, 2.24) is 21.3 Å². The number of aliphatic hydroxyl groups is 4. The van der Waals surface area contributed by atoms with E-state index >= 15 is 0 Å². The van der Waals surface area contributed by atoms with Crippen molar-refractivity contribution in [3.8, 4) is 0 Å². The lowest BCUT2D eigenvalue weighted by Gasteiger charge is -2.37. The van der Waals surface area contributed by atoms with Crippen molar-refractivity contribution in [2.75, 3.05) is 27.2 Å². The second-order valence-corrected chi connectivity index (χ2v) is 19.2. The molecule has 2 rings (SSSR count). The molecular formula is C39H88N4O4. The van der Waals surface area contributed by atoms with Crippen LogP contribution in [0.3, 0.4) is 0 Å². The molecule has 0 aliphatic carbocycles. The number of likely N-dealkylation sites (N-methyl/N-ethyl adjacent to an activating group) is 2. The van der Waals surface area contributed by atoms with Gasteiger partial charge in [-0.3, -0.25) is 0 Å². The van der Waals surface area contributed by atoms with Crippen molar-refractivity contribution in [1.29, 1.82) is 0 Å². The van der Waals surface area contributed by atoms with Crippen LogP contribution in [0.25, 0.3) is 0 Å². The van der Waals surface area contributed by atoms with Crippen LogP contribution >= 0.6 is 0 Å². The van der Waals surface area contributed by atoms with E-state index in [2.05, 4.69) is 76.7 Å². The van der Waals surface area contributed by atoms with Crippen LogP contribution in [-0.2, 0) is 0 Å². The first-order chi connectivity index (χ1) is 20.3. The van der Waals surface area contributed by atoms with Gasteiger partial charge in [0, 0.05) is 22.2 Å². The molecule has 0 amide bonds. The fraction of sp³-hybridized carbons (Fsp3) is 1.00. The normalized spacial score (nSPS) is 22.9. The molecule has 0 aromatic rings. The minimum absolute atomic E-state index is 0.0625. The second kappa shape index (κ2) is 18.3. The molecule has 2 atom stereocenters. The van der Waals surface area contributed by atoms with Crippen LogP contribution in [0, 0.1) is 10.8 Å². The summed E-state index contributed by atoms with van der Waals surface area (Å²) in [5.41, 5.74) is -2.15. The third-order valence-corrected chi connectivity index (χ3v) is 12.7. The Morgan fingerprint density at radius 3 is 0.830 bits per heavy atom. The molecule has 0 unspecified atom stereocenters. The van der Waals surface area contributed by atoms with Crippen molar-refractivity contribution in [3.05, 3.63) is 0 Å². The summed E-state index contributed by atoms with van der Waals surface area (Å²) in [5, 5.41) is 51.1. The summed E-state index contributed by atoms with van der Waals surface area (Å²) < 4.78 is 0. The van der Waals surface area contributed by atoms with Gasteiger partial charge >= 0.3 is 0 Å². The molecule has 2 aliphatic heterocycles. The van der Waals surface area contributed by atoms with Crippen LogP contribution in [0.5, 0.6) is 0 Å². The Hall–Kier alpha value is -0.320. The highest BCUT2D eigenvalue weighted by molar-refractivity contribution is 5.01. The zero-order valence-electron chi connectivity index (χ0n) is 35.7. The SMILES string of the molecule is CC(C)(O)[C@@]1(C)CCCN1.CC(C)(O)[C@]1(C)CCCN1.CCC(C)(C)C(C)(C)C.CNC(C)(C)C(C)(C)O.CNC(C)(C)C(C)(C)O. The Balaban J connectivity index is -0.000000516. The standard InChI is InChI=1S/C9H20.2C8H17NO.2C7H17NO/c1-7-9(5,6)8(2,3)4;2*1-7(2,10)8(3)5-4-6-9-8;2*1-6(2,8-5)7(3,4)9/h7H2,1-6H3;2*9-10H,4-6H2,1-3H3;2*8-9H,1-5H3/t;2*8-;;/m.10../s1. The lowest BCUT2D eigenvalue weighted by Crippen LogP contribution is -2.54. The van der Waals surface area contributed by atoms with Crippen molar-refractivity contribution in [3.63, 3.8) is 0 Å². The van der Waals surface area contributed by atoms with Gasteiger partial charge < -0.3 is 41.7 Å². The van der Waals surface area contributed by atoms with Gasteiger partial charge in [-0.15, -0.1) is 0 Å². The number of nitrogens with one attached hydrogen (secondary N) is 4. The van der Waals surface area contributed by atoms with E-state index in [1.807, 2.05) is 69.5 Å². The molecular weight excluding hydrogens is 588 g/mol. The maximum Gasteiger partial charge on any atom is 0.0769 e. The molecule has 8 N–H and O–H groups in total. The summed E-state index contributed by atoms with van der Waals surface area (Å²) >= 11 is 0. The summed E-state index contributed by atoms with van der Waals surface area (Å²) in [6, 6.07) is 0. The molecule has 2 fully saturated rings. The van der Waals surface area contributed by atoms with E-state index in [-0.39, 0.29) is 22.2 Å². The minimum Gasteiger partial charge on any atom is -0.389 e. The van der Waals surface area contributed by atoms with E-state index in [9.17, 15) is 20.4 Å². The van der Waals surface area contributed by atoms with Crippen LogP contribution in [-0.4, -0.2) is 92.2 Å². The van der Waals surface area contributed by atoms with Gasteiger partial charge in [0.25, 0.3) is 0 Å². The summed E-state index contributed by atoms with van der Waals surface area (Å²) in [6.45, 7) is 42.6. The Morgan fingerprint density at radius 2 is 0.787 bits per heavy atom. The highest BCUT2D eigenvalue weighted by atomic mass is 16.3. The lowest BCUT2D eigenvalue weighted by molar-refractivity contribution is -0.00438. The second-order valence-electron chi connectivity index (χ2n) is 19.2. The number of rotatable bonds is 7. The zero-order chi connectivity index (χ0) is 38.8. The predicted octanol–water partition coefficient (Wildman–Crippen LogP) is 6.78. The number of hydrogen-bond acceptors (Lipinski definition) is 8. The van der Waals surface area contributed by atoms with Gasteiger partial charge in [0.1, 0.15) is 0 Å². The quantitative estimate of drug-likeness (QED) is 0.148. The van der Waals surface area contributed by atoms with E-state index in [0.29, 0.717) is 10.8 Å². The Kier molecular flexibility index (Phi) is 19.8. The molecule has 0 aromatic carbocycles. The zero-order valence-corrected chi connectivity index (χ0v) is 35.7. The van der Waals surface area contributed by atoms with Crippen molar-refractivity contribution in [2.24, 2.45) is 10.8 Å². The van der Waals surface area contributed by atoms with E-state index in [1.165, 1.54) is 19.3 Å². The van der Waals surface area contributed by atoms with E-state index in [0.717, 1.165) is 25.9 Å². The van der Waals surface area contributed by atoms with E-state index < -0.39 is 22.4 Å². The molecule has 2 aliphatic rings. The third kappa shape index (κ3) is 17.0. The van der Waals surface area contributed by atoms with Crippen LogP contribution in [0.15, 0.2) is 0 Å². The summed E-state index contributed by atoms with van der Waals surface area (Å²) in [4.78, 5) is 0. The Morgan fingerprint density at radius 1 is 0.532 bits per heavy atom. The van der Waals surface area contributed by atoms with Crippen molar-refractivity contribution >= 4 is 0 Å². The third-order valence-electron chi connectivity index (χ3n) is 12.7. The molecule has 8 heteroatoms. The van der Waals surface area contributed by atoms with Crippen molar-refractivity contribution < 1.29 is 20.4 Å². The largest absolute Gasteiger partial charge is 0.389 e. The van der Waals surface area contributed by atoms with E-state index in [4.69, 9.17) is 0 Å². The highest BCUT2D eigenvalue weighted by Gasteiger charge is 2.42. The van der Waals surface area contributed by atoms with Gasteiger partial charge in [-0.25, -0.2) is 0 Å². The summed E-state index contributed by atoms with van der Waals surface area (Å²) in [6.07, 6.45) is 5.78. The summed E-state index contributed by atoms with van der Waals surface area (Å²) in [7, 11) is 3.69.